The SMILES string of the molecule is NC(=S)c1cc(Cl)ccc1NS(=O)O. The molecule has 0 fully saturated rings. The first-order chi connectivity index (χ1) is 6.50. The van der Waals surface area contributed by atoms with Gasteiger partial charge in [-0.1, -0.05) is 23.8 Å². The Labute approximate surface area is 93.9 Å². The summed E-state index contributed by atoms with van der Waals surface area (Å²) in [4.78, 5) is 0.112. The molecule has 1 aromatic rings. The minimum atomic E-state index is -2.16. The molecule has 0 heterocycles. The molecule has 4 nitrogen and oxygen atoms in total. The lowest BCUT2D eigenvalue weighted by Crippen LogP contribution is -2.14. The Balaban J connectivity index is 3.14. The summed E-state index contributed by atoms with van der Waals surface area (Å²) in [5.74, 6) is 0. The van der Waals surface area contributed by atoms with Gasteiger partial charge in [-0.25, -0.2) is 4.21 Å². The van der Waals surface area contributed by atoms with Crippen LogP contribution in [-0.4, -0.2) is 13.8 Å². The average molecular weight is 251 g/mol. The van der Waals surface area contributed by atoms with Gasteiger partial charge in [0, 0.05) is 10.6 Å². The van der Waals surface area contributed by atoms with Crippen molar-refractivity contribution in [2.75, 3.05) is 4.72 Å². The van der Waals surface area contributed by atoms with E-state index in [1.54, 1.807) is 6.07 Å². The molecule has 14 heavy (non-hydrogen) atoms. The van der Waals surface area contributed by atoms with Crippen molar-refractivity contribution in [3.8, 4) is 0 Å². The Morgan fingerprint density at radius 3 is 2.79 bits per heavy atom. The maximum absolute atomic E-state index is 10.5. The van der Waals surface area contributed by atoms with Crippen LogP contribution in [0, 0.1) is 0 Å². The average Bonchev–Trinajstić information content (AvgIpc) is 2.07. The van der Waals surface area contributed by atoms with E-state index in [4.69, 9.17) is 34.1 Å². The zero-order chi connectivity index (χ0) is 10.7. The number of halogens is 1. The highest BCUT2D eigenvalue weighted by molar-refractivity contribution is 7.81. The summed E-state index contributed by atoms with van der Waals surface area (Å²) in [5, 5.41) is 0.460. The Bertz CT molecular complexity index is 397. The molecule has 0 radical (unpaired) electrons. The highest BCUT2D eigenvalue weighted by atomic mass is 35.5. The third kappa shape index (κ3) is 2.91. The largest absolute Gasteiger partial charge is 0.389 e. The van der Waals surface area contributed by atoms with Crippen molar-refractivity contribution >= 4 is 45.8 Å². The van der Waals surface area contributed by atoms with E-state index in [1.165, 1.54) is 12.1 Å². The van der Waals surface area contributed by atoms with E-state index in [-0.39, 0.29) is 4.99 Å². The minimum Gasteiger partial charge on any atom is -0.389 e. The smallest absolute Gasteiger partial charge is 0.259 e. The molecule has 0 aliphatic rings. The maximum Gasteiger partial charge on any atom is 0.259 e. The summed E-state index contributed by atoms with van der Waals surface area (Å²) in [6.45, 7) is 0. The summed E-state index contributed by atoms with van der Waals surface area (Å²) in [5.41, 5.74) is 6.23. The van der Waals surface area contributed by atoms with Crippen molar-refractivity contribution in [1.82, 2.24) is 0 Å². The van der Waals surface area contributed by atoms with E-state index in [1.807, 2.05) is 0 Å². The van der Waals surface area contributed by atoms with E-state index in [9.17, 15) is 4.21 Å². The van der Waals surface area contributed by atoms with Crippen LogP contribution < -0.4 is 10.5 Å². The van der Waals surface area contributed by atoms with Crippen molar-refractivity contribution in [3.05, 3.63) is 28.8 Å². The monoisotopic (exact) mass is 250 g/mol. The van der Waals surface area contributed by atoms with Crippen molar-refractivity contribution in [2.24, 2.45) is 5.73 Å². The second-order valence-corrected chi connectivity index (χ2v) is 3.98. The highest BCUT2D eigenvalue weighted by Gasteiger charge is 2.07. The molecule has 0 aliphatic heterocycles. The van der Waals surface area contributed by atoms with Crippen LogP contribution in [0.5, 0.6) is 0 Å². The maximum atomic E-state index is 10.5. The van der Waals surface area contributed by atoms with Crippen LogP contribution in [-0.2, 0) is 11.3 Å². The molecular formula is C7H7ClN2O2S2. The van der Waals surface area contributed by atoms with Gasteiger partial charge in [0.2, 0.25) is 0 Å². The lowest BCUT2D eigenvalue weighted by molar-refractivity contribution is 0.570. The summed E-state index contributed by atoms with van der Waals surface area (Å²) in [6.07, 6.45) is 0. The molecule has 0 bridgehead atoms. The number of anilines is 1. The molecule has 1 unspecified atom stereocenters. The second-order valence-electron chi connectivity index (χ2n) is 2.41. The van der Waals surface area contributed by atoms with Crippen molar-refractivity contribution in [2.45, 2.75) is 0 Å². The van der Waals surface area contributed by atoms with Gasteiger partial charge in [-0.15, -0.1) is 0 Å². The molecule has 7 heteroatoms. The third-order valence-corrected chi connectivity index (χ3v) is 2.29. The molecule has 1 rings (SSSR count). The van der Waals surface area contributed by atoms with Crippen LogP contribution in [0.25, 0.3) is 0 Å². The number of hydrogen-bond acceptors (Lipinski definition) is 2. The third-order valence-electron chi connectivity index (χ3n) is 1.44. The molecule has 0 aliphatic carbocycles. The van der Waals surface area contributed by atoms with Crippen LogP contribution in [0.2, 0.25) is 5.02 Å². The van der Waals surface area contributed by atoms with Gasteiger partial charge in [-0.05, 0) is 18.2 Å². The zero-order valence-electron chi connectivity index (χ0n) is 6.86. The summed E-state index contributed by atoms with van der Waals surface area (Å²) >= 11 is 8.32. The van der Waals surface area contributed by atoms with E-state index in [0.29, 0.717) is 16.3 Å². The van der Waals surface area contributed by atoms with E-state index in [0.717, 1.165) is 0 Å². The number of benzene rings is 1. The van der Waals surface area contributed by atoms with Gasteiger partial charge in [0.1, 0.15) is 4.99 Å². The van der Waals surface area contributed by atoms with Gasteiger partial charge < -0.3 is 5.73 Å². The summed E-state index contributed by atoms with van der Waals surface area (Å²) in [7, 11) is 0. The Morgan fingerprint density at radius 1 is 1.64 bits per heavy atom. The van der Waals surface area contributed by atoms with E-state index in [2.05, 4.69) is 4.72 Å². The van der Waals surface area contributed by atoms with E-state index >= 15 is 0 Å². The summed E-state index contributed by atoms with van der Waals surface area (Å²) < 4.78 is 21.4. The molecule has 0 amide bonds. The second kappa shape index (κ2) is 4.70. The normalized spacial score (nSPS) is 12.1. The molecule has 76 valence electrons. The fourth-order valence-electron chi connectivity index (χ4n) is 0.903. The van der Waals surface area contributed by atoms with Crippen molar-refractivity contribution in [1.29, 1.82) is 0 Å². The summed E-state index contributed by atoms with van der Waals surface area (Å²) in [6, 6.07) is 4.63. The molecule has 0 saturated carbocycles. The number of hydrogen-bond donors (Lipinski definition) is 3. The number of thiocarbonyl (C=S) groups is 1. The Hall–Kier alpha value is -0.690. The minimum absolute atomic E-state index is 0.112. The first-order valence-corrected chi connectivity index (χ1v) is 5.37. The highest BCUT2D eigenvalue weighted by Crippen LogP contribution is 2.20. The molecular weight excluding hydrogens is 244 g/mol. The molecule has 0 aromatic heterocycles. The first kappa shape index (κ1) is 11.4. The molecule has 0 saturated heterocycles. The van der Waals surface area contributed by atoms with Crippen molar-refractivity contribution < 1.29 is 8.76 Å². The van der Waals surface area contributed by atoms with Gasteiger partial charge in [0.15, 0.2) is 0 Å². The Kier molecular flexibility index (Phi) is 3.82. The first-order valence-electron chi connectivity index (χ1n) is 3.47. The molecule has 1 aromatic carbocycles. The predicted molar refractivity (Wildman–Crippen MR) is 61.7 cm³/mol. The van der Waals surface area contributed by atoms with Crippen LogP contribution in [0.1, 0.15) is 5.56 Å². The van der Waals surface area contributed by atoms with Crippen LogP contribution in [0.3, 0.4) is 0 Å². The number of rotatable bonds is 3. The molecule has 4 N–H and O–H groups in total. The van der Waals surface area contributed by atoms with Crippen LogP contribution >= 0.6 is 23.8 Å². The van der Waals surface area contributed by atoms with Gasteiger partial charge in [0.05, 0.1) is 5.69 Å². The van der Waals surface area contributed by atoms with Gasteiger partial charge >= 0.3 is 0 Å². The van der Waals surface area contributed by atoms with Gasteiger partial charge in [-0.2, -0.15) is 0 Å². The Morgan fingerprint density at radius 2 is 2.29 bits per heavy atom. The van der Waals surface area contributed by atoms with Gasteiger partial charge in [-0.3, -0.25) is 9.27 Å². The number of nitrogens with one attached hydrogen (secondary N) is 1. The van der Waals surface area contributed by atoms with Crippen LogP contribution in [0.15, 0.2) is 18.2 Å². The molecule has 0 spiro atoms. The van der Waals surface area contributed by atoms with Crippen LogP contribution in [0.4, 0.5) is 5.69 Å². The van der Waals surface area contributed by atoms with E-state index < -0.39 is 11.3 Å². The van der Waals surface area contributed by atoms with Crippen molar-refractivity contribution in [3.63, 3.8) is 0 Å². The number of nitrogens with two attached hydrogens (primary N) is 1. The lowest BCUT2D eigenvalue weighted by Gasteiger charge is -2.07. The van der Waals surface area contributed by atoms with Gasteiger partial charge in [0.25, 0.3) is 11.3 Å². The zero-order valence-corrected chi connectivity index (χ0v) is 9.25. The lowest BCUT2D eigenvalue weighted by atomic mass is 10.2. The predicted octanol–water partition coefficient (Wildman–Crippen LogP) is 1.52. The standard InChI is InChI=1S/C7H7ClN2O2S2/c8-4-1-2-6(10-14(11)12)5(3-4)7(9)13/h1-3,10H,(H2,9,13)(H,11,12). The fraction of sp³-hybridized carbons (Fsp3) is 0. The topological polar surface area (TPSA) is 75.3 Å². The molecule has 1 atom stereocenters. The fourth-order valence-corrected chi connectivity index (χ4v) is 1.61. The quantitative estimate of drug-likeness (QED) is 0.562.